The molecule has 40 heavy (non-hydrogen) atoms. The number of alkyl halides is 3. The van der Waals surface area contributed by atoms with Crippen molar-refractivity contribution in [3.63, 3.8) is 0 Å². The van der Waals surface area contributed by atoms with Crippen molar-refractivity contribution in [1.82, 2.24) is 0 Å². The Hall–Kier alpha value is -2.23. The molecule has 1 atom stereocenters. The van der Waals surface area contributed by atoms with Crippen molar-refractivity contribution in [2.24, 2.45) is 5.73 Å². The first-order valence-corrected chi connectivity index (χ1v) is 11.7. The minimum atomic E-state index is -5.46. The standard InChI is InChI=1S/C18H2B12F3NO5S/c19-4-1(5(20)9(24)3(8(4)23)18(31,32)33)16(28)14(35)13(15(34)38-16)39-40(36,37)17(29,30)2-6(21)10(25)12(27)11(26)7(2)22/h34H2/t16-/m1/s1. The number of rotatable bonds is 5. The van der Waals surface area contributed by atoms with E-state index in [1.165, 1.54) is 0 Å². The number of carbonyl (C=O) groups is 1. The van der Waals surface area contributed by atoms with Crippen LogP contribution in [0.5, 0.6) is 0 Å². The van der Waals surface area contributed by atoms with Crippen LogP contribution in [-0.2, 0) is 40.1 Å². The first-order chi connectivity index (χ1) is 17.9. The highest BCUT2D eigenvalue weighted by atomic mass is 32.2. The summed E-state index contributed by atoms with van der Waals surface area (Å²) in [7, 11) is 63.4. The molecule has 24 radical (unpaired) electrons. The van der Waals surface area contributed by atoms with E-state index in [1.54, 1.807) is 0 Å². The highest BCUT2D eigenvalue weighted by Crippen LogP contribution is 2.37. The molecule has 0 amide bonds. The number of hydrogen-bond acceptors (Lipinski definition) is 6. The molecule has 2 aromatic carbocycles. The Labute approximate surface area is 244 Å². The predicted molar refractivity (Wildman–Crippen MR) is 154 cm³/mol. The van der Waals surface area contributed by atoms with Crippen molar-refractivity contribution >= 4 is 159 Å². The van der Waals surface area contributed by atoms with E-state index < -0.39 is 104 Å². The molecule has 1 heterocycles. The van der Waals surface area contributed by atoms with Gasteiger partial charge in [-0.15, -0.1) is 27.3 Å². The number of ether oxygens (including phenoxy) is 1. The van der Waals surface area contributed by atoms with Gasteiger partial charge in [-0.3, -0.25) is 4.79 Å². The van der Waals surface area contributed by atoms with Crippen LogP contribution < -0.4 is 54.9 Å². The molecule has 6 nitrogen and oxygen atoms in total. The molecule has 0 saturated carbocycles. The number of nitrogens with two attached hydrogens (primary N) is 1. The minimum Gasteiger partial charge on any atom is -0.468 e. The molecule has 172 valence electrons. The molecule has 1 aliphatic heterocycles. The van der Waals surface area contributed by atoms with Gasteiger partial charge >= 0.3 is 16.3 Å². The van der Waals surface area contributed by atoms with E-state index in [0.717, 1.165) is 0 Å². The molecule has 0 bridgehead atoms. The molecular formula is C18H2B12F3NO5S. The molecule has 2 N–H and O–H groups in total. The zero-order valence-corrected chi connectivity index (χ0v) is 20.9. The van der Waals surface area contributed by atoms with Crippen molar-refractivity contribution in [2.45, 2.75) is 16.2 Å². The lowest BCUT2D eigenvalue weighted by molar-refractivity contribution is -0.135. The second-order valence-electron chi connectivity index (χ2n) is 8.54. The van der Waals surface area contributed by atoms with Crippen molar-refractivity contribution in [3.05, 3.63) is 28.3 Å². The van der Waals surface area contributed by atoms with E-state index in [1.807, 2.05) is 0 Å². The summed E-state index contributed by atoms with van der Waals surface area (Å²) in [4.78, 5) is 13.3. The average Bonchev–Trinajstić information content (AvgIpc) is 3.02. The van der Waals surface area contributed by atoms with E-state index >= 15 is 0 Å². The fourth-order valence-electron chi connectivity index (χ4n) is 3.90. The normalized spacial score (nSPS) is 18.1. The first kappa shape index (κ1) is 32.3. The van der Waals surface area contributed by atoms with Crippen LogP contribution in [0.25, 0.3) is 0 Å². The fourth-order valence-corrected chi connectivity index (χ4v) is 4.88. The van der Waals surface area contributed by atoms with Crippen LogP contribution in [0.3, 0.4) is 0 Å². The maximum atomic E-state index is 13.5. The summed E-state index contributed by atoms with van der Waals surface area (Å²) < 4.78 is 73.5. The smallest absolute Gasteiger partial charge is 0.415 e. The zero-order valence-electron chi connectivity index (χ0n) is 20.1. The molecule has 0 saturated heterocycles. The van der Waals surface area contributed by atoms with Crippen LogP contribution in [0.1, 0.15) is 16.7 Å². The summed E-state index contributed by atoms with van der Waals surface area (Å²) in [5.41, 5.74) is -7.26. The second kappa shape index (κ2) is 9.95. The summed E-state index contributed by atoms with van der Waals surface area (Å²) in [6, 6.07) is 0. The van der Waals surface area contributed by atoms with Crippen molar-refractivity contribution < 1.29 is 35.3 Å². The molecule has 0 spiro atoms. The third kappa shape index (κ3) is 4.62. The lowest BCUT2D eigenvalue weighted by atomic mass is 9.53. The first-order valence-electron chi connectivity index (χ1n) is 10.3. The molecule has 1 aliphatic rings. The molecule has 2 aromatic rings. The monoisotopic (exact) mass is 533 g/mol. The highest BCUT2D eigenvalue weighted by molar-refractivity contribution is 7.90. The highest BCUT2D eigenvalue weighted by Gasteiger charge is 2.52. The summed E-state index contributed by atoms with van der Waals surface area (Å²) in [5, 5.41) is 0. The maximum Gasteiger partial charge on any atom is 0.415 e. The van der Waals surface area contributed by atoms with Gasteiger partial charge in [-0.05, 0) is 5.56 Å². The quantitative estimate of drug-likeness (QED) is 0.305. The summed E-state index contributed by atoms with van der Waals surface area (Å²) in [6.07, 6.45) is -5.12. The van der Waals surface area contributed by atoms with Crippen molar-refractivity contribution in [3.8, 4) is 0 Å². The molecule has 0 aromatic heterocycles. The summed E-state index contributed by atoms with van der Waals surface area (Å²) >= 11 is 0. The Bertz CT molecular complexity index is 1570. The van der Waals surface area contributed by atoms with E-state index in [9.17, 15) is 26.4 Å². The van der Waals surface area contributed by atoms with Crippen LogP contribution in [0.15, 0.2) is 11.6 Å². The number of halogens is 3. The Balaban J connectivity index is 2.14. The van der Waals surface area contributed by atoms with Crippen LogP contribution in [0, 0.1) is 0 Å². The van der Waals surface area contributed by atoms with Gasteiger partial charge in [0.25, 0.3) is 0 Å². The van der Waals surface area contributed by atoms with E-state index in [0.29, 0.717) is 0 Å². The van der Waals surface area contributed by atoms with Crippen LogP contribution in [0.4, 0.5) is 13.2 Å². The van der Waals surface area contributed by atoms with Crippen LogP contribution >= 0.6 is 0 Å². The molecule has 0 aliphatic carbocycles. The van der Waals surface area contributed by atoms with Gasteiger partial charge in [0.15, 0.2) is 5.50 Å². The van der Waals surface area contributed by atoms with Crippen molar-refractivity contribution in [2.75, 3.05) is 0 Å². The van der Waals surface area contributed by atoms with Gasteiger partial charge in [-0.1, -0.05) is 27.4 Å². The van der Waals surface area contributed by atoms with E-state index in [2.05, 4.69) is 0 Å². The third-order valence-electron chi connectivity index (χ3n) is 6.05. The van der Waals surface area contributed by atoms with E-state index in [4.69, 9.17) is 109 Å². The maximum absolute atomic E-state index is 13.5. The largest absolute Gasteiger partial charge is 0.468 e. The molecular weight excluding hydrogens is 529 g/mol. The Kier molecular flexibility index (Phi) is 8.03. The fraction of sp³-hybridized carbons (Fsp3) is 0.167. The average molecular weight is 531 g/mol. The van der Waals surface area contributed by atoms with E-state index in [-0.39, 0.29) is 5.46 Å². The van der Waals surface area contributed by atoms with Gasteiger partial charge in [0.05, 0.1) is 20.2 Å². The molecule has 0 unspecified atom stereocenters. The Morgan fingerprint density at radius 2 is 1.10 bits per heavy atom. The molecule has 3 rings (SSSR count). The summed E-state index contributed by atoms with van der Waals surface area (Å²) in [6.45, 7) is 0. The molecule has 22 heteroatoms. The Morgan fingerprint density at radius 1 is 0.725 bits per heavy atom. The minimum absolute atomic E-state index is 0.308. The van der Waals surface area contributed by atoms with Gasteiger partial charge in [0, 0.05) is 5.56 Å². The van der Waals surface area contributed by atoms with Gasteiger partial charge in [-0.25, -0.2) is 0 Å². The van der Waals surface area contributed by atoms with Gasteiger partial charge in [0.1, 0.15) is 78.5 Å². The topological polar surface area (TPSA) is 95.7 Å². The third-order valence-corrected chi connectivity index (χ3v) is 7.47. The number of benzene rings is 2. The zero-order chi connectivity index (χ0) is 31.1. The van der Waals surface area contributed by atoms with Gasteiger partial charge in [-0.2, -0.15) is 21.6 Å². The second-order valence-corrected chi connectivity index (χ2v) is 10.3. The number of Topliss-reactive ketones (excluding diaryl/α,β-unsaturated/α-hetero) is 1. The van der Waals surface area contributed by atoms with Crippen LogP contribution in [-0.4, -0.2) is 108 Å². The van der Waals surface area contributed by atoms with Crippen molar-refractivity contribution in [1.29, 1.82) is 0 Å². The molecule has 0 fully saturated rings. The van der Waals surface area contributed by atoms with Gasteiger partial charge < -0.3 is 14.7 Å². The summed E-state index contributed by atoms with van der Waals surface area (Å²) in [5.74, 6) is -4.08. The lowest BCUT2D eigenvalue weighted by Gasteiger charge is -2.33. The predicted octanol–water partition coefficient (Wildman–Crippen LogP) is -9.61. The number of ketones is 1. The van der Waals surface area contributed by atoms with Gasteiger partial charge in [0.2, 0.25) is 17.4 Å². The number of carbonyl (C=O) groups excluding carboxylic acids is 1. The van der Waals surface area contributed by atoms with Crippen LogP contribution in [0.2, 0.25) is 0 Å². The number of hydrogen-bond donors (Lipinski definition) is 1. The Morgan fingerprint density at radius 3 is 1.50 bits per heavy atom. The lowest BCUT2D eigenvalue weighted by Crippen LogP contribution is -2.60. The SMILES string of the molecule is [B]c1c([B])c([B])c(C([B])([B])S(=O)(=O)OC2=C(N)O[C@]([B])(c3c([B])c([B])c(C(F)(F)F)c([B])c3[B])C2=O)c([B])c1[B].